The smallest absolute Gasteiger partial charge is 0.294 e. The Morgan fingerprint density at radius 2 is 1.96 bits per heavy atom. The van der Waals surface area contributed by atoms with E-state index in [4.69, 9.17) is 0 Å². The Morgan fingerprint density at radius 3 is 2.68 bits per heavy atom. The summed E-state index contributed by atoms with van der Waals surface area (Å²) in [5, 5.41) is 9.42. The Bertz CT molecular complexity index is 759. The number of hydrogen-bond acceptors (Lipinski definition) is 5. The van der Waals surface area contributed by atoms with Crippen LogP contribution in [0.3, 0.4) is 0 Å². The highest BCUT2D eigenvalue weighted by Crippen LogP contribution is 2.34. The number of phenols is 1. The molecule has 0 aliphatic carbocycles. The molecule has 0 aromatic heterocycles. The van der Waals surface area contributed by atoms with Crippen molar-refractivity contribution in [3.8, 4) is 5.75 Å². The molecule has 0 radical (unpaired) electrons. The number of rotatable bonds is 3. The summed E-state index contributed by atoms with van der Waals surface area (Å²) in [4.78, 5) is 39.8. The molecule has 2 saturated heterocycles. The predicted octanol–water partition coefficient (Wildman–Crippen LogP) is 3.20. The molecule has 3 rings (SSSR count). The van der Waals surface area contributed by atoms with Crippen LogP contribution in [0.25, 0.3) is 6.08 Å². The Kier molecular flexibility index (Phi) is 5.48. The van der Waals surface area contributed by atoms with Crippen LogP contribution in [-0.2, 0) is 9.59 Å². The molecule has 2 aliphatic rings. The fourth-order valence-electron chi connectivity index (χ4n) is 2.80. The van der Waals surface area contributed by atoms with Crippen LogP contribution in [-0.4, -0.2) is 51.6 Å². The largest absolute Gasteiger partial charge is 0.507 e. The fraction of sp³-hybridized carbons (Fsp3) is 0.353. The number of nitrogens with zero attached hydrogens (tertiary/aromatic N) is 2. The van der Waals surface area contributed by atoms with E-state index in [1.807, 2.05) is 0 Å². The van der Waals surface area contributed by atoms with Crippen LogP contribution in [0.4, 0.5) is 4.79 Å². The molecule has 3 amide bonds. The van der Waals surface area contributed by atoms with Gasteiger partial charge in [-0.2, -0.15) is 0 Å². The number of thioether (sulfide) groups is 1. The molecule has 0 atom stereocenters. The number of piperidine rings is 1. The van der Waals surface area contributed by atoms with E-state index in [1.54, 1.807) is 17.0 Å². The van der Waals surface area contributed by atoms with Crippen LogP contribution >= 0.6 is 27.7 Å². The molecule has 0 bridgehead atoms. The summed E-state index contributed by atoms with van der Waals surface area (Å²) in [5.41, 5.74) is 0.433. The molecule has 1 N–H and O–H groups in total. The number of carbonyl (C=O) groups excluding carboxylic acids is 3. The van der Waals surface area contributed by atoms with Gasteiger partial charge in [-0.15, -0.1) is 0 Å². The first-order chi connectivity index (χ1) is 12.0. The SMILES string of the molecule is O=C(CN1C(=O)S/C(=C\c2cc(Br)ccc2O)C1=O)N1CCCCC1. The van der Waals surface area contributed by atoms with Gasteiger partial charge in [-0.1, -0.05) is 15.9 Å². The maximum absolute atomic E-state index is 12.5. The number of likely N-dealkylation sites (tertiary alicyclic amines) is 1. The zero-order valence-corrected chi connectivity index (χ0v) is 15.8. The lowest BCUT2D eigenvalue weighted by atomic mass is 10.1. The number of amides is 3. The first kappa shape index (κ1) is 18.0. The van der Waals surface area contributed by atoms with Crippen molar-refractivity contribution in [2.45, 2.75) is 19.3 Å². The lowest BCUT2D eigenvalue weighted by Crippen LogP contribution is -2.44. The predicted molar refractivity (Wildman–Crippen MR) is 98.9 cm³/mol. The summed E-state index contributed by atoms with van der Waals surface area (Å²) in [6.45, 7) is 1.13. The van der Waals surface area contributed by atoms with Crippen molar-refractivity contribution in [1.29, 1.82) is 0 Å². The van der Waals surface area contributed by atoms with E-state index < -0.39 is 11.1 Å². The van der Waals surface area contributed by atoms with Crippen LogP contribution in [0.5, 0.6) is 5.75 Å². The third-order valence-electron chi connectivity index (χ3n) is 4.15. The van der Waals surface area contributed by atoms with Crippen LogP contribution in [0.2, 0.25) is 0 Å². The van der Waals surface area contributed by atoms with Crippen LogP contribution in [0, 0.1) is 0 Å². The summed E-state index contributed by atoms with van der Waals surface area (Å²) in [7, 11) is 0. The van der Waals surface area contributed by atoms with Gasteiger partial charge in [0.2, 0.25) is 5.91 Å². The van der Waals surface area contributed by atoms with E-state index in [-0.39, 0.29) is 23.1 Å². The summed E-state index contributed by atoms with van der Waals surface area (Å²) < 4.78 is 0.746. The van der Waals surface area contributed by atoms with E-state index in [1.165, 1.54) is 12.1 Å². The quantitative estimate of drug-likeness (QED) is 0.753. The molecule has 6 nitrogen and oxygen atoms in total. The van der Waals surface area contributed by atoms with Crippen molar-refractivity contribution in [2.24, 2.45) is 0 Å². The van der Waals surface area contributed by atoms with E-state index in [9.17, 15) is 19.5 Å². The van der Waals surface area contributed by atoms with Gasteiger partial charge in [-0.3, -0.25) is 19.3 Å². The zero-order chi connectivity index (χ0) is 18.0. The van der Waals surface area contributed by atoms with Gasteiger partial charge >= 0.3 is 0 Å². The van der Waals surface area contributed by atoms with Crippen LogP contribution in [0.15, 0.2) is 27.6 Å². The molecular formula is C17H17BrN2O4S. The molecule has 1 aromatic rings. The van der Waals surface area contributed by atoms with Gasteiger partial charge in [0.15, 0.2) is 0 Å². The second-order valence-corrected chi connectivity index (χ2v) is 7.82. The van der Waals surface area contributed by atoms with Crippen molar-refractivity contribution in [3.05, 3.63) is 33.1 Å². The number of imide groups is 1. The van der Waals surface area contributed by atoms with Gasteiger partial charge < -0.3 is 10.0 Å². The van der Waals surface area contributed by atoms with Gasteiger partial charge in [0.1, 0.15) is 12.3 Å². The Labute approximate surface area is 158 Å². The van der Waals surface area contributed by atoms with Crippen molar-refractivity contribution in [3.63, 3.8) is 0 Å². The normalized spacial score (nSPS) is 19.8. The number of phenolic OH excluding ortho intramolecular Hbond substituents is 1. The molecule has 0 saturated carbocycles. The summed E-state index contributed by atoms with van der Waals surface area (Å²) >= 11 is 4.08. The highest BCUT2D eigenvalue weighted by Gasteiger charge is 2.37. The molecule has 0 spiro atoms. The third kappa shape index (κ3) is 4.07. The molecule has 2 aliphatic heterocycles. The molecule has 0 unspecified atom stereocenters. The summed E-state index contributed by atoms with van der Waals surface area (Å²) in [6.07, 6.45) is 4.48. The van der Waals surface area contributed by atoms with Crippen molar-refractivity contribution >= 4 is 50.8 Å². The van der Waals surface area contributed by atoms with Gasteiger partial charge in [0, 0.05) is 23.1 Å². The number of carbonyl (C=O) groups is 3. The molecule has 2 fully saturated rings. The molecule has 132 valence electrons. The fourth-order valence-corrected chi connectivity index (χ4v) is 4.01. The van der Waals surface area contributed by atoms with Crippen LogP contribution < -0.4 is 0 Å². The first-order valence-corrected chi connectivity index (χ1v) is 9.58. The number of benzene rings is 1. The van der Waals surface area contributed by atoms with Crippen molar-refractivity contribution in [2.75, 3.05) is 19.6 Å². The average Bonchev–Trinajstić information content (AvgIpc) is 2.86. The van der Waals surface area contributed by atoms with Crippen molar-refractivity contribution in [1.82, 2.24) is 9.80 Å². The van der Waals surface area contributed by atoms with E-state index in [2.05, 4.69) is 15.9 Å². The van der Waals surface area contributed by atoms with Gasteiger partial charge in [0.05, 0.1) is 4.91 Å². The second kappa shape index (κ2) is 7.61. The minimum atomic E-state index is -0.500. The molecule has 25 heavy (non-hydrogen) atoms. The minimum Gasteiger partial charge on any atom is -0.507 e. The molecule has 8 heteroatoms. The Hall–Kier alpha value is -1.80. The minimum absolute atomic E-state index is 0.0133. The van der Waals surface area contributed by atoms with Gasteiger partial charge in [-0.25, -0.2) is 0 Å². The maximum atomic E-state index is 12.5. The van der Waals surface area contributed by atoms with Crippen molar-refractivity contribution < 1.29 is 19.5 Å². The highest BCUT2D eigenvalue weighted by molar-refractivity contribution is 9.10. The lowest BCUT2D eigenvalue weighted by Gasteiger charge is -2.27. The zero-order valence-electron chi connectivity index (χ0n) is 13.4. The molecule has 1 aromatic carbocycles. The van der Waals surface area contributed by atoms with E-state index >= 15 is 0 Å². The van der Waals surface area contributed by atoms with Crippen LogP contribution in [0.1, 0.15) is 24.8 Å². The number of aromatic hydroxyl groups is 1. The lowest BCUT2D eigenvalue weighted by molar-refractivity contribution is -0.136. The number of halogens is 1. The maximum Gasteiger partial charge on any atom is 0.294 e. The summed E-state index contributed by atoms with van der Waals surface area (Å²) in [6, 6.07) is 4.83. The molecule has 2 heterocycles. The first-order valence-electron chi connectivity index (χ1n) is 7.97. The standard InChI is InChI=1S/C17H17BrN2O4S/c18-12-4-5-13(21)11(8-12)9-14-16(23)20(17(24)25-14)10-15(22)19-6-2-1-3-7-19/h4-5,8-9,21H,1-3,6-7,10H2/b14-9-. The Morgan fingerprint density at radius 1 is 1.24 bits per heavy atom. The second-order valence-electron chi connectivity index (χ2n) is 5.91. The third-order valence-corrected chi connectivity index (χ3v) is 5.55. The highest BCUT2D eigenvalue weighted by atomic mass is 79.9. The Balaban J connectivity index is 1.74. The monoisotopic (exact) mass is 424 g/mol. The van der Waals surface area contributed by atoms with E-state index in [0.29, 0.717) is 18.7 Å². The average molecular weight is 425 g/mol. The molecular weight excluding hydrogens is 408 g/mol. The topological polar surface area (TPSA) is 77.9 Å². The number of hydrogen-bond donors (Lipinski definition) is 1. The van der Waals surface area contributed by atoms with Gasteiger partial charge in [-0.05, 0) is 55.3 Å². The van der Waals surface area contributed by atoms with E-state index in [0.717, 1.165) is 40.4 Å². The summed E-state index contributed by atoms with van der Waals surface area (Å²) in [5.74, 6) is -0.687. The van der Waals surface area contributed by atoms with Gasteiger partial charge in [0.25, 0.3) is 11.1 Å².